The number of aryl methyl sites for hydroxylation is 3. The minimum Gasteiger partial charge on any atom is -0.328 e. The molecule has 0 spiro atoms. The molecule has 2 heterocycles. The molecule has 0 radical (unpaired) electrons. The maximum absolute atomic E-state index is 12.1. The van der Waals surface area contributed by atoms with Gasteiger partial charge < -0.3 is 9.55 Å². The Bertz CT molecular complexity index is 650. The van der Waals surface area contributed by atoms with E-state index in [9.17, 15) is 13.2 Å². The quantitative estimate of drug-likeness (QED) is 0.671. The number of hydrogen-bond donors (Lipinski definition) is 1. The van der Waals surface area contributed by atoms with Crippen LogP contribution in [-0.4, -0.2) is 25.5 Å². The highest BCUT2D eigenvalue weighted by Crippen LogP contribution is 2.23. The summed E-state index contributed by atoms with van der Waals surface area (Å²) in [6.45, 7) is 5.02. The number of rotatable bonds is 5. The van der Waals surface area contributed by atoms with Gasteiger partial charge in [0.1, 0.15) is 5.52 Å². The molecule has 0 aliphatic carbocycles. The van der Waals surface area contributed by atoms with Crippen LogP contribution in [0.4, 0.5) is 13.2 Å². The highest BCUT2D eigenvalue weighted by Gasteiger charge is 2.26. The molecule has 0 atom stereocenters. The molecule has 20 heavy (non-hydrogen) atoms. The van der Waals surface area contributed by atoms with Gasteiger partial charge in [0.2, 0.25) is 0 Å². The number of nitrogens with one attached hydrogen (secondary N) is 1. The molecular formula is C12H17F3N4S. The smallest absolute Gasteiger partial charge is 0.328 e. The molecule has 0 amide bonds. The van der Waals surface area contributed by atoms with Crippen molar-refractivity contribution in [2.24, 2.45) is 0 Å². The summed E-state index contributed by atoms with van der Waals surface area (Å²) < 4.78 is 40.6. The molecular weight excluding hydrogens is 289 g/mol. The first kappa shape index (κ1) is 15.1. The van der Waals surface area contributed by atoms with E-state index in [0.717, 1.165) is 16.9 Å². The molecule has 2 rings (SSSR count). The van der Waals surface area contributed by atoms with E-state index in [1.165, 1.54) is 0 Å². The van der Waals surface area contributed by atoms with E-state index < -0.39 is 12.6 Å². The molecule has 0 aliphatic heterocycles. The molecule has 8 heteroatoms. The third-order valence-electron chi connectivity index (χ3n) is 3.22. The molecule has 4 nitrogen and oxygen atoms in total. The van der Waals surface area contributed by atoms with Crippen LogP contribution in [0.15, 0.2) is 0 Å². The van der Waals surface area contributed by atoms with Gasteiger partial charge in [0.25, 0.3) is 0 Å². The Kier molecular flexibility index (Phi) is 4.22. The molecule has 0 fully saturated rings. The van der Waals surface area contributed by atoms with Crippen LogP contribution < -0.4 is 0 Å². The standard InChI is InChI=1S/C12H17F3N4S/c1-3-19-10-9(8(2)17-19)16-11(20)18(10)7-5-4-6-12(13,14)15/h3-7H2,1-2H3,(H,16,20). The average molecular weight is 306 g/mol. The van der Waals surface area contributed by atoms with Gasteiger partial charge in [-0.2, -0.15) is 18.3 Å². The maximum atomic E-state index is 12.1. The van der Waals surface area contributed by atoms with Gasteiger partial charge in [0.15, 0.2) is 10.4 Å². The molecule has 2 aromatic rings. The van der Waals surface area contributed by atoms with E-state index in [1.807, 2.05) is 23.1 Å². The molecule has 2 aromatic heterocycles. The van der Waals surface area contributed by atoms with Gasteiger partial charge in [-0.1, -0.05) is 0 Å². The van der Waals surface area contributed by atoms with Crippen molar-refractivity contribution in [3.63, 3.8) is 0 Å². The van der Waals surface area contributed by atoms with Crippen LogP contribution in [0.25, 0.3) is 11.2 Å². The zero-order valence-corrected chi connectivity index (χ0v) is 12.2. The number of nitrogens with zero attached hydrogens (tertiary/aromatic N) is 3. The number of alkyl halides is 3. The molecule has 0 saturated carbocycles. The van der Waals surface area contributed by atoms with Gasteiger partial charge in [0.05, 0.1) is 5.69 Å². The monoisotopic (exact) mass is 306 g/mol. The van der Waals surface area contributed by atoms with E-state index in [0.29, 0.717) is 24.3 Å². The van der Waals surface area contributed by atoms with Crippen molar-refractivity contribution in [2.75, 3.05) is 0 Å². The first-order valence-electron chi connectivity index (χ1n) is 6.56. The van der Waals surface area contributed by atoms with Gasteiger partial charge in [-0.3, -0.25) is 0 Å². The second kappa shape index (κ2) is 5.59. The molecule has 0 bridgehead atoms. The minimum atomic E-state index is -4.09. The number of aromatic nitrogens is 4. The van der Waals surface area contributed by atoms with E-state index in [-0.39, 0.29) is 6.42 Å². The van der Waals surface area contributed by atoms with Gasteiger partial charge in [-0.15, -0.1) is 0 Å². The number of imidazole rings is 1. The molecule has 0 aliphatic rings. The van der Waals surface area contributed by atoms with Crippen molar-refractivity contribution in [3.05, 3.63) is 10.5 Å². The van der Waals surface area contributed by atoms with Crippen LogP contribution in [0.1, 0.15) is 31.9 Å². The second-order valence-corrected chi connectivity index (χ2v) is 5.14. The largest absolute Gasteiger partial charge is 0.389 e. The number of hydrogen-bond acceptors (Lipinski definition) is 2. The minimum absolute atomic E-state index is 0.108. The van der Waals surface area contributed by atoms with Gasteiger partial charge in [-0.25, -0.2) is 4.68 Å². The summed E-state index contributed by atoms with van der Waals surface area (Å²) in [5, 5.41) is 4.38. The fourth-order valence-corrected chi connectivity index (χ4v) is 2.56. The Labute approximate surface area is 119 Å². The second-order valence-electron chi connectivity index (χ2n) is 4.75. The van der Waals surface area contributed by atoms with E-state index >= 15 is 0 Å². The molecule has 0 aromatic carbocycles. The van der Waals surface area contributed by atoms with Crippen LogP contribution in [0.5, 0.6) is 0 Å². The van der Waals surface area contributed by atoms with Crippen LogP contribution in [0.3, 0.4) is 0 Å². The van der Waals surface area contributed by atoms with E-state index in [2.05, 4.69) is 10.1 Å². The summed E-state index contributed by atoms with van der Waals surface area (Å²) in [6.07, 6.45) is -4.29. The Balaban J connectivity index is 2.17. The Morgan fingerprint density at radius 2 is 2.00 bits per heavy atom. The van der Waals surface area contributed by atoms with Crippen molar-refractivity contribution in [3.8, 4) is 0 Å². The summed E-state index contributed by atoms with van der Waals surface area (Å²) in [5.74, 6) is 0. The lowest BCUT2D eigenvalue weighted by atomic mass is 10.2. The summed E-state index contributed by atoms with van der Waals surface area (Å²) in [5.41, 5.74) is 2.58. The Morgan fingerprint density at radius 3 is 2.60 bits per heavy atom. The van der Waals surface area contributed by atoms with Crippen LogP contribution in [-0.2, 0) is 13.1 Å². The molecule has 112 valence electrons. The number of unbranched alkanes of at least 4 members (excludes halogenated alkanes) is 1. The lowest BCUT2D eigenvalue weighted by Gasteiger charge is -2.08. The predicted molar refractivity (Wildman–Crippen MR) is 73.2 cm³/mol. The highest BCUT2D eigenvalue weighted by atomic mass is 32.1. The molecule has 1 N–H and O–H groups in total. The van der Waals surface area contributed by atoms with Gasteiger partial charge >= 0.3 is 6.18 Å². The van der Waals surface area contributed by atoms with Gasteiger partial charge in [-0.05, 0) is 38.9 Å². The van der Waals surface area contributed by atoms with Crippen molar-refractivity contribution >= 4 is 23.4 Å². The molecule has 0 unspecified atom stereocenters. The topological polar surface area (TPSA) is 38.5 Å². The summed E-state index contributed by atoms with van der Waals surface area (Å²) >= 11 is 5.24. The summed E-state index contributed by atoms with van der Waals surface area (Å²) in [4.78, 5) is 3.08. The number of aromatic amines is 1. The summed E-state index contributed by atoms with van der Waals surface area (Å²) in [6, 6.07) is 0. The lowest BCUT2D eigenvalue weighted by molar-refractivity contribution is -0.135. The van der Waals surface area contributed by atoms with E-state index in [4.69, 9.17) is 12.2 Å². The van der Waals surface area contributed by atoms with Crippen molar-refractivity contribution in [1.29, 1.82) is 0 Å². The zero-order chi connectivity index (χ0) is 14.9. The summed E-state index contributed by atoms with van der Waals surface area (Å²) in [7, 11) is 0. The first-order chi connectivity index (χ1) is 9.33. The zero-order valence-electron chi connectivity index (χ0n) is 11.4. The van der Waals surface area contributed by atoms with Crippen LogP contribution >= 0.6 is 12.2 Å². The van der Waals surface area contributed by atoms with Crippen LogP contribution in [0.2, 0.25) is 0 Å². The predicted octanol–water partition coefficient (Wildman–Crippen LogP) is 3.96. The fourth-order valence-electron chi connectivity index (χ4n) is 2.28. The first-order valence-corrected chi connectivity index (χ1v) is 6.97. The molecule has 0 saturated heterocycles. The SMILES string of the molecule is CCn1nc(C)c2[nH]c(=S)n(CCCCC(F)(F)F)c21. The highest BCUT2D eigenvalue weighted by molar-refractivity contribution is 7.71. The lowest BCUT2D eigenvalue weighted by Crippen LogP contribution is -2.09. The number of fused-ring (bicyclic) bond motifs is 1. The number of halogens is 3. The van der Waals surface area contributed by atoms with Gasteiger partial charge in [0, 0.05) is 19.5 Å². The fraction of sp³-hybridized carbons (Fsp3) is 0.667. The number of H-pyrrole nitrogens is 1. The maximum Gasteiger partial charge on any atom is 0.389 e. The Hall–Kier alpha value is -1.31. The van der Waals surface area contributed by atoms with E-state index in [1.54, 1.807) is 0 Å². The third-order valence-corrected chi connectivity index (χ3v) is 3.55. The Morgan fingerprint density at radius 1 is 1.30 bits per heavy atom. The normalized spacial score (nSPS) is 12.4. The van der Waals surface area contributed by atoms with Crippen LogP contribution in [0, 0.1) is 11.7 Å². The third kappa shape index (κ3) is 3.05. The van der Waals surface area contributed by atoms with Crippen molar-refractivity contribution < 1.29 is 13.2 Å². The average Bonchev–Trinajstić information content (AvgIpc) is 2.82. The van der Waals surface area contributed by atoms with Crippen molar-refractivity contribution in [1.82, 2.24) is 19.3 Å². The van der Waals surface area contributed by atoms with Crippen molar-refractivity contribution in [2.45, 2.75) is 52.4 Å².